The molecule has 25 heavy (non-hydrogen) atoms. The fourth-order valence-electron chi connectivity index (χ4n) is 3.49. The quantitative estimate of drug-likeness (QED) is 0.838. The molecule has 1 saturated heterocycles. The molecule has 5 heteroatoms. The Bertz CT molecular complexity index is 716. The lowest BCUT2D eigenvalue weighted by atomic mass is 10.0. The van der Waals surface area contributed by atoms with Crippen LogP contribution in [-0.4, -0.2) is 40.6 Å². The minimum absolute atomic E-state index is 0.0377. The number of aromatic amines is 1. The molecule has 1 aromatic heterocycles. The molecule has 1 amide bonds. The lowest BCUT2D eigenvalue weighted by molar-refractivity contribution is -0.116. The van der Waals surface area contributed by atoms with Crippen molar-refractivity contribution in [3.63, 3.8) is 0 Å². The second-order valence-electron chi connectivity index (χ2n) is 7.04. The number of benzene rings is 1. The van der Waals surface area contributed by atoms with E-state index in [9.17, 15) is 4.79 Å². The molecule has 5 nitrogen and oxygen atoms in total. The highest BCUT2D eigenvalue weighted by molar-refractivity contribution is 5.90. The molecule has 3 rings (SSSR count). The second kappa shape index (κ2) is 8.30. The average molecular weight is 340 g/mol. The molecular weight excluding hydrogens is 312 g/mol. The molecule has 0 atom stereocenters. The molecule has 2 N–H and O–H groups in total. The summed E-state index contributed by atoms with van der Waals surface area (Å²) in [5.41, 5.74) is 4.48. The van der Waals surface area contributed by atoms with Crippen LogP contribution in [0.3, 0.4) is 0 Å². The third kappa shape index (κ3) is 4.92. The first-order valence-corrected chi connectivity index (χ1v) is 9.27. The number of carbonyl (C=O) groups is 1. The van der Waals surface area contributed by atoms with E-state index in [-0.39, 0.29) is 5.91 Å². The smallest absolute Gasteiger partial charge is 0.225 e. The van der Waals surface area contributed by atoms with Gasteiger partial charge in [0, 0.05) is 18.1 Å². The SMILES string of the molecule is Cc1ccc(-c2cc(NC(=O)CCCN3CCCCC3)n[nH]2)c(C)c1. The van der Waals surface area contributed by atoms with Crippen LogP contribution in [0.5, 0.6) is 0 Å². The first kappa shape index (κ1) is 17.7. The Morgan fingerprint density at radius 3 is 2.76 bits per heavy atom. The van der Waals surface area contributed by atoms with Crippen LogP contribution >= 0.6 is 0 Å². The summed E-state index contributed by atoms with van der Waals surface area (Å²) in [7, 11) is 0. The first-order valence-electron chi connectivity index (χ1n) is 9.27. The van der Waals surface area contributed by atoms with Crippen molar-refractivity contribution in [1.82, 2.24) is 15.1 Å². The molecule has 0 saturated carbocycles. The van der Waals surface area contributed by atoms with Crippen LogP contribution < -0.4 is 5.32 Å². The van der Waals surface area contributed by atoms with E-state index in [0.717, 1.165) is 24.2 Å². The highest BCUT2D eigenvalue weighted by Gasteiger charge is 2.12. The summed E-state index contributed by atoms with van der Waals surface area (Å²) in [5, 5.41) is 10.2. The number of anilines is 1. The third-order valence-electron chi connectivity index (χ3n) is 4.84. The van der Waals surface area contributed by atoms with Gasteiger partial charge in [0.15, 0.2) is 5.82 Å². The van der Waals surface area contributed by atoms with E-state index >= 15 is 0 Å². The maximum Gasteiger partial charge on any atom is 0.225 e. The van der Waals surface area contributed by atoms with Gasteiger partial charge in [-0.25, -0.2) is 0 Å². The predicted octanol–water partition coefficient (Wildman–Crippen LogP) is 3.90. The van der Waals surface area contributed by atoms with E-state index in [2.05, 4.69) is 52.5 Å². The van der Waals surface area contributed by atoms with Gasteiger partial charge in [-0.15, -0.1) is 0 Å². The van der Waals surface area contributed by atoms with Gasteiger partial charge in [-0.1, -0.05) is 30.2 Å². The third-order valence-corrected chi connectivity index (χ3v) is 4.84. The van der Waals surface area contributed by atoms with Gasteiger partial charge < -0.3 is 10.2 Å². The summed E-state index contributed by atoms with van der Waals surface area (Å²) in [4.78, 5) is 14.6. The maximum absolute atomic E-state index is 12.1. The number of H-pyrrole nitrogens is 1. The molecular formula is C20H28N4O. The topological polar surface area (TPSA) is 61.0 Å². The predicted molar refractivity (Wildman–Crippen MR) is 102 cm³/mol. The first-order chi connectivity index (χ1) is 12.1. The lowest BCUT2D eigenvalue weighted by Crippen LogP contribution is -2.31. The molecule has 0 bridgehead atoms. The summed E-state index contributed by atoms with van der Waals surface area (Å²) in [6, 6.07) is 8.22. The molecule has 1 aliphatic heterocycles. The average Bonchev–Trinajstić information content (AvgIpc) is 3.04. The molecule has 0 spiro atoms. The van der Waals surface area contributed by atoms with Crippen LogP contribution in [0.1, 0.15) is 43.2 Å². The Labute approximate surface area is 149 Å². The van der Waals surface area contributed by atoms with Gasteiger partial charge in [0.2, 0.25) is 5.91 Å². The van der Waals surface area contributed by atoms with Crippen molar-refractivity contribution in [2.24, 2.45) is 0 Å². The van der Waals surface area contributed by atoms with E-state index in [0.29, 0.717) is 12.2 Å². The van der Waals surface area contributed by atoms with Crippen molar-refractivity contribution in [2.45, 2.75) is 46.0 Å². The maximum atomic E-state index is 12.1. The van der Waals surface area contributed by atoms with Gasteiger partial charge in [-0.3, -0.25) is 9.89 Å². The van der Waals surface area contributed by atoms with E-state index in [1.165, 1.54) is 43.5 Å². The number of likely N-dealkylation sites (tertiary alicyclic amines) is 1. The van der Waals surface area contributed by atoms with Crippen LogP contribution in [0.2, 0.25) is 0 Å². The normalized spacial score (nSPS) is 15.3. The van der Waals surface area contributed by atoms with Crippen LogP contribution in [0.4, 0.5) is 5.82 Å². The van der Waals surface area contributed by atoms with Crippen molar-refractivity contribution in [3.8, 4) is 11.3 Å². The summed E-state index contributed by atoms with van der Waals surface area (Å²) in [5.74, 6) is 0.633. The zero-order chi connectivity index (χ0) is 17.6. The Morgan fingerprint density at radius 1 is 1.20 bits per heavy atom. The fraction of sp³-hybridized carbons (Fsp3) is 0.500. The number of nitrogens with one attached hydrogen (secondary N) is 2. The van der Waals surface area contributed by atoms with Crippen LogP contribution in [0.25, 0.3) is 11.3 Å². The second-order valence-corrected chi connectivity index (χ2v) is 7.04. The zero-order valence-electron chi connectivity index (χ0n) is 15.3. The molecule has 134 valence electrons. The Morgan fingerprint density at radius 2 is 2.00 bits per heavy atom. The largest absolute Gasteiger partial charge is 0.309 e. The minimum Gasteiger partial charge on any atom is -0.309 e. The van der Waals surface area contributed by atoms with Crippen molar-refractivity contribution in [1.29, 1.82) is 0 Å². The minimum atomic E-state index is 0.0377. The highest BCUT2D eigenvalue weighted by atomic mass is 16.1. The Hall–Kier alpha value is -2.14. The molecule has 1 fully saturated rings. The number of aromatic nitrogens is 2. The number of nitrogens with zero attached hydrogens (tertiary/aromatic N) is 2. The van der Waals surface area contributed by atoms with Gasteiger partial charge in [0.05, 0.1) is 5.69 Å². The van der Waals surface area contributed by atoms with E-state index in [1.54, 1.807) is 0 Å². The van der Waals surface area contributed by atoms with Gasteiger partial charge >= 0.3 is 0 Å². The molecule has 2 aromatic rings. The lowest BCUT2D eigenvalue weighted by Gasteiger charge is -2.26. The van der Waals surface area contributed by atoms with Gasteiger partial charge in [0.25, 0.3) is 0 Å². The molecule has 1 aromatic carbocycles. The number of rotatable bonds is 6. The summed E-state index contributed by atoms with van der Waals surface area (Å²) < 4.78 is 0. The van der Waals surface area contributed by atoms with Crippen LogP contribution in [0, 0.1) is 13.8 Å². The Kier molecular flexibility index (Phi) is 5.87. The monoisotopic (exact) mass is 340 g/mol. The van der Waals surface area contributed by atoms with Crippen molar-refractivity contribution in [3.05, 3.63) is 35.4 Å². The number of piperidine rings is 1. The van der Waals surface area contributed by atoms with Gasteiger partial charge in [0.1, 0.15) is 0 Å². The Balaban J connectivity index is 1.49. The summed E-state index contributed by atoms with van der Waals surface area (Å²) >= 11 is 0. The standard InChI is InChI=1S/C20H28N4O/c1-15-8-9-17(16(2)13-15)18-14-19(23-22-18)21-20(25)7-6-12-24-10-4-3-5-11-24/h8-9,13-14H,3-7,10-12H2,1-2H3,(H2,21,22,23,25). The number of hydrogen-bond donors (Lipinski definition) is 2. The molecule has 0 unspecified atom stereocenters. The number of carbonyl (C=O) groups excluding carboxylic acids is 1. The number of amides is 1. The van der Waals surface area contributed by atoms with Crippen LogP contribution in [-0.2, 0) is 4.79 Å². The van der Waals surface area contributed by atoms with E-state index in [4.69, 9.17) is 0 Å². The highest BCUT2D eigenvalue weighted by Crippen LogP contribution is 2.24. The van der Waals surface area contributed by atoms with Gasteiger partial charge in [-0.05, 0) is 58.3 Å². The molecule has 1 aliphatic rings. The van der Waals surface area contributed by atoms with Crippen molar-refractivity contribution < 1.29 is 4.79 Å². The number of hydrogen-bond acceptors (Lipinski definition) is 3. The molecule has 0 aliphatic carbocycles. The summed E-state index contributed by atoms with van der Waals surface area (Å²) in [6.45, 7) is 7.55. The fourth-order valence-corrected chi connectivity index (χ4v) is 3.49. The molecule has 0 radical (unpaired) electrons. The van der Waals surface area contributed by atoms with Crippen molar-refractivity contribution in [2.75, 3.05) is 25.0 Å². The van der Waals surface area contributed by atoms with E-state index in [1.807, 2.05) is 6.07 Å². The van der Waals surface area contributed by atoms with Gasteiger partial charge in [-0.2, -0.15) is 5.10 Å². The zero-order valence-corrected chi connectivity index (χ0v) is 15.3. The van der Waals surface area contributed by atoms with Crippen LogP contribution in [0.15, 0.2) is 24.3 Å². The summed E-state index contributed by atoms with van der Waals surface area (Å²) in [6.07, 6.45) is 5.38. The van der Waals surface area contributed by atoms with E-state index < -0.39 is 0 Å². The molecule has 2 heterocycles. The van der Waals surface area contributed by atoms with Crippen molar-refractivity contribution >= 4 is 11.7 Å². The number of aryl methyl sites for hydroxylation is 2.